The molecule has 4 aromatic carbocycles. The molecule has 1 aliphatic heterocycles. The zero-order valence-electron chi connectivity index (χ0n) is 18.4. The summed E-state index contributed by atoms with van der Waals surface area (Å²) < 4.78 is 5.26. The summed E-state index contributed by atoms with van der Waals surface area (Å²) in [6.07, 6.45) is 0. The Kier molecular flexibility index (Phi) is 4.66. The number of methoxy groups -OCH3 is 1. The van der Waals surface area contributed by atoms with Crippen molar-refractivity contribution in [1.82, 2.24) is 0 Å². The first kappa shape index (κ1) is 20.1. The number of carbonyl (C=O) groups excluding carboxylic acids is 1. The summed E-state index contributed by atoms with van der Waals surface area (Å²) in [6, 6.07) is 26.4. The molecule has 0 saturated carbocycles. The molecule has 1 unspecified atom stereocenters. The third kappa shape index (κ3) is 2.94. The van der Waals surface area contributed by atoms with Crippen molar-refractivity contribution >= 4 is 22.4 Å². The van der Waals surface area contributed by atoms with Crippen molar-refractivity contribution < 1.29 is 14.6 Å². The number of nitrogens with zero attached hydrogens (tertiary/aromatic N) is 1. The Morgan fingerprint density at radius 3 is 2.34 bits per heavy atom. The van der Waals surface area contributed by atoms with E-state index >= 15 is 0 Å². The van der Waals surface area contributed by atoms with Crippen LogP contribution in [0.15, 0.2) is 84.9 Å². The summed E-state index contributed by atoms with van der Waals surface area (Å²) in [7, 11) is 1.61. The Morgan fingerprint density at radius 1 is 0.906 bits per heavy atom. The first-order valence-corrected chi connectivity index (χ1v) is 10.7. The average molecular weight is 424 g/mol. The van der Waals surface area contributed by atoms with E-state index in [2.05, 4.69) is 19.9 Å². The highest BCUT2D eigenvalue weighted by molar-refractivity contribution is 6.09. The van der Waals surface area contributed by atoms with Crippen molar-refractivity contribution in [1.29, 1.82) is 0 Å². The molecule has 0 saturated heterocycles. The number of aromatic hydroxyl groups is 1. The Bertz CT molecular complexity index is 1320. The van der Waals surface area contributed by atoms with E-state index in [-0.39, 0.29) is 17.7 Å². The molecular formula is C28H25NO3. The molecule has 0 aliphatic carbocycles. The molecule has 32 heavy (non-hydrogen) atoms. The topological polar surface area (TPSA) is 49.8 Å². The van der Waals surface area contributed by atoms with Crippen LogP contribution in [0.25, 0.3) is 10.8 Å². The predicted molar refractivity (Wildman–Crippen MR) is 128 cm³/mol. The number of hydrogen-bond donors (Lipinski definition) is 1. The summed E-state index contributed by atoms with van der Waals surface area (Å²) in [6.45, 7) is 4.28. The molecule has 1 atom stereocenters. The lowest BCUT2D eigenvalue weighted by molar-refractivity contribution is 0.0971. The highest BCUT2D eigenvalue weighted by atomic mass is 16.5. The molecule has 0 spiro atoms. The predicted octanol–water partition coefficient (Wildman–Crippen LogP) is 6.23. The zero-order chi connectivity index (χ0) is 22.5. The summed E-state index contributed by atoms with van der Waals surface area (Å²) in [4.78, 5) is 15.8. The standard InChI is InChI=1S/C28H25NO3/c1-28(2)22-10-6-7-11-23(22)29(27(31)19-12-15-20(32-3)16-13-19)26(28)25-21-9-5-4-8-18(21)14-17-24(25)30/h4-17,26,30H,1-3H3. The maximum atomic E-state index is 13.9. The number of ether oxygens (including phenoxy) is 1. The van der Waals surface area contributed by atoms with Crippen LogP contribution in [0.4, 0.5) is 5.69 Å². The fourth-order valence-electron chi connectivity index (χ4n) is 5.00. The largest absolute Gasteiger partial charge is 0.508 e. The van der Waals surface area contributed by atoms with Crippen LogP contribution in [0.2, 0.25) is 0 Å². The van der Waals surface area contributed by atoms with Gasteiger partial charge in [-0.1, -0.05) is 62.4 Å². The number of phenols is 1. The van der Waals surface area contributed by atoms with Gasteiger partial charge in [-0.05, 0) is 52.7 Å². The lowest BCUT2D eigenvalue weighted by Crippen LogP contribution is -2.38. The molecule has 0 aromatic heterocycles. The van der Waals surface area contributed by atoms with Gasteiger partial charge >= 0.3 is 0 Å². The highest BCUT2D eigenvalue weighted by Crippen LogP contribution is 2.55. The minimum absolute atomic E-state index is 0.108. The van der Waals surface area contributed by atoms with Gasteiger partial charge < -0.3 is 9.84 Å². The van der Waals surface area contributed by atoms with E-state index in [0.717, 1.165) is 27.6 Å². The molecule has 160 valence electrons. The van der Waals surface area contributed by atoms with Crippen LogP contribution in [-0.2, 0) is 5.41 Å². The van der Waals surface area contributed by atoms with Gasteiger partial charge in [0.25, 0.3) is 5.91 Å². The van der Waals surface area contributed by atoms with Gasteiger partial charge in [-0.3, -0.25) is 9.69 Å². The molecule has 4 aromatic rings. The molecule has 5 rings (SSSR count). The van der Waals surface area contributed by atoms with Crippen molar-refractivity contribution in [3.05, 3.63) is 102 Å². The SMILES string of the molecule is COc1ccc(C(=O)N2c3ccccc3C(C)(C)C2c2c(O)ccc3ccccc23)cc1. The van der Waals surface area contributed by atoms with E-state index in [4.69, 9.17) is 4.74 Å². The van der Waals surface area contributed by atoms with Crippen LogP contribution in [0.3, 0.4) is 0 Å². The summed E-state index contributed by atoms with van der Waals surface area (Å²) >= 11 is 0. The second kappa shape index (κ2) is 7.41. The van der Waals surface area contributed by atoms with Crippen LogP contribution in [0.5, 0.6) is 11.5 Å². The number of fused-ring (bicyclic) bond motifs is 2. The smallest absolute Gasteiger partial charge is 0.258 e. The lowest BCUT2D eigenvalue weighted by Gasteiger charge is -2.35. The van der Waals surface area contributed by atoms with Crippen molar-refractivity contribution in [2.45, 2.75) is 25.3 Å². The Morgan fingerprint density at radius 2 is 1.59 bits per heavy atom. The summed E-state index contributed by atoms with van der Waals surface area (Å²) in [5.41, 5.74) is 2.88. The molecule has 1 aliphatic rings. The quantitative estimate of drug-likeness (QED) is 0.425. The molecule has 1 N–H and O–H groups in total. The van der Waals surface area contributed by atoms with Crippen LogP contribution in [0, 0.1) is 0 Å². The highest BCUT2D eigenvalue weighted by Gasteiger charge is 2.49. The van der Waals surface area contributed by atoms with Crippen molar-refractivity contribution in [2.75, 3.05) is 12.0 Å². The molecule has 1 amide bonds. The number of hydrogen-bond acceptors (Lipinski definition) is 3. The third-order valence-electron chi connectivity index (χ3n) is 6.58. The first-order chi connectivity index (χ1) is 15.4. The van der Waals surface area contributed by atoms with Crippen LogP contribution < -0.4 is 9.64 Å². The van der Waals surface area contributed by atoms with Crippen LogP contribution in [0.1, 0.15) is 41.4 Å². The van der Waals surface area contributed by atoms with Gasteiger partial charge in [0.1, 0.15) is 11.5 Å². The van der Waals surface area contributed by atoms with Crippen molar-refractivity contribution in [2.24, 2.45) is 0 Å². The molecule has 1 heterocycles. The second-order valence-electron chi connectivity index (χ2n) is 8.76. The van der Waals surface area contributed by atoms with Crippen molar-refractivity contribution in [3.8, 4) is 11.5 Å². The molecule has 0 radical (unpaired) electrons. The Labute approximate surface area is 187 Å². The van der Waals surface area contributed by atoms with Gasteiger partial charge in [0, 0.05) is 22.2 Å². The third-order valence-corrected chi connectivity index (χ3v) is 6.58. The Balaban J connectivity index is 1.75. The van der Waals surface area contributed by atoms with E-state index in [9.17, 15) is 9.90 Å². The minimum Gasteiger partial charge on any atom is -0.508 e. The van der Waals surface area contributed by atoms with Gasteiger partial charge in [-0.15, -0.1) is 0 Å². The van der Waals surface area contributed by atoms with E-state index in [1.165, 1.54) is 0 Å². The first-order valence-electron chi connectivity index (χ1n) is 10.7. The normalized spacial score (nSPS) is 16.7. The molecule has 4 nitrogen and oxygen atoms in total. The summed E-state index contributed by atoms with van der Waals surface area (Å²) in [5.74, 6) is 0.789. The summed E-state index contributed by atoms with van der Waals surface area (Å²) in [5, 5.41) is 13.0. The lowest BCUT2D eigenvalue weighted by atomic mass is 9.76. The van der Waals surface area contributed by atoms with Crippen LogP contribution in [-0.4, -0.2) is 18.1 Å². The molecule has 0 bridgehead atoms. The molecule has 4 heteroatoms. The van der Waals surface area contributed by atoms with Gasteiger partial charge in [0.15, 0.2) is 0 Å². The van der Waals surface area contributed by atoms with E-state index in [0.29, 0.717) is 11.3 Å². The Hall–Kier alpha value is -3.79. The fraction of sp³-hybridized carbons (Fsp3) is 0.179. The van der Waals surface area contributed by atoms with Gasteiger partial charge in [0.05, 0.1) is 13.2 Å². The van der Waals surface area contributed by atoms with Gasteiger partial charge in [-0.2, -0.15) is 0 Å². The minimum atomic E-state index is -0.416. The van der Waals surface area contributed by atoms with Crippen molar-refractivity contribution in [3.63, 3.8) is 0 Å². The number of phenolic OH excluding ortho intramolecular Hbond substituents is 1. The number of amides is 1. The van der Waals surface area contributed by atoms with E-state index < -0.39 is 5.41 Å². The average Bonchev–Trinajstić information content (AvgIpc) is 3.05. The second-order valence-corrected chi connectivity index (χ2v) is 8.76. The van der Waals surface area contributed by atoms with Gasteiger partial charge in [0.2, 0.25) is 0 Å². The number of anilines is 1. The van der Waals surface area contributed by atoms with E-state index in [1.54, 1.807) is 37.4 Å². The number of rotatable bonds is 3. The molecular weight excluding hydrogens is 398 g/mol. The maximum absolute atomic E-state index is 13.9. The maximum Gasteiger partial charge on any atom is 0.258 e. The number of carbonyl (C=O) groups is 1. The molecule has 0 fully saturated rings. The monoisotopic (exact) mass is 423 g/mol. The van der Waals surface area contributed by atoms with Crippen LogP contribution >= 0.6 is 0 Å². The number of benzene rings is 4. The zero-order valence-corrected chi connectivity index (χ0v) is 18.4. The number of para-hydroxylation sites is 1. The van der Waals surface area contributed by atoms with E-state index in [1.807, 2.05) is 53.4 Å². The van der Waals surface area contributed by atoms with Gasteiger partial charge in [-0.25, -0.2) is 0 Å². The fourth-order valence-corrected chi connectivity index (χ4v) is 5.00.